The fourth-order valence-electron chi connectivity index (χ4n) is 3.38. The van der Waals surface area contributed by atoms with E-state index in [0.717, 1.165) is 0 Å². The number of alkyl halides is 3. The van der Waals surface area contributed by atoms with E-state index in [2.05, 4.69) is 9.71 Å². The number of nitrogens with one attached hydrogen (secondary N) is 1. The Bertz CT molecular complexity index is 865. The first kappa shape index (κ1) is 24.0. The topological polar surface area (TPSA) is 126 Å². The highest BCUT2D eigenvalue weighted by Gasteiger charge is 2.45. The van der Waals surface area contributed by atoms with E-state index in [-0.39, 0.29) is 11.9 Å². The average Bonchev–Trinajstić information content (AvgIpc) is 3.03. The van der Waals surface area contributed by atoms with E-state index in [1.807, 2.05) is 0 Å². The van der Waals surface area contributed by atoms with E-state index >= 15 is 0 Å². The van der Waals surface area contributed by atoms with Crippen LogP contribution >= 0.6 is 0 Å². The van der Waals surface area contributed by atoms with Gasteiger partial charge in [0.25, 0.3) is 5.91 Å². The molecule has 2 saturated heterocycles. The van der Waals surface area contributed by atoms with Crippen molar-refractivity contribution in [2.45, 2.75) is 37.1 Å². The Labute approximate surface area is 171 Å². The molecule has 0 bridgehead atoms. The molecule has 1 amide bonds. The molecule has 168 valence electrons. The number of carbonyl (C=O) groups excluding carboxylic acids is 1. The zero-order valence-corrected chi connectivity index (χ0v) is 16.9. The van der Waals surface area contributed by atoms with Crippen molar-refractivity contribution in [1.29, 1.82) is 0 Å². The smallest absolute Gasteiger partial charge is 0.475 e. The van der Waals surface area contributed by atoms with E-state index in [1.165, 1.54) is 6.26 Å². The Kier molecular flexibility index (Phi) is 7.42. The maximum absolute atomic E-state index is 12.5. The molecule has 2 aliphatic heterocycles. The molecule has 0 saturated carbocycles. The molecule has 3 rings (SSSR count). The maximum atomic E-state index is 12.5. The molecule has 9 nitrogen and oxygen atoms in total. The van der Waals surface area contributed by atoms with Crippen LogP contribution in [-0.4, -0.2) is 79.1 Å². The van der Waals surface area contributed by atoms with Crippen molar-refractivity contribution in [3.63, 3.8) is 0 Å². The SMILES string of the molecule is CS(=O)(=O)N[C@@H]1CCO[C@]2(CCN(C(=O)c3ccccn3)C2)C1.O=C(O)C(F)(F)F. The Hall–Kier alpha value is -2.25. The zero-order chi connectivity index (χ0) is 22.6. The van der Waals surface area contributed by atoms with E-state index in [1.54, 1.807) is 29.3 Å². The molecule has 0 radical (unpaired) electrons. The standard InChI is InChI=1S/C15H21N3O4S.C2HF3O2/c1-23(20,21)17-12-5-9-22-15(10-12)6-8-18(11-15)14(19)13-4-2-3-7-16-13;3-2(4,5)1(6)7/h2-4,7,12,17H,5-6,8-11H2,1H3;(H,6,7)/t12-,15-;/m1./s1. The summed E-state index contributed by atoms with van der Waals surface area (Å²) in [6, 6.07) is 5.12. The molecule has 13 heteroatoms. The van der Waals surface area contributed by atoms with Gasteiger partial charge in [-0.05, 0) is 31.4 Å². The first-order chi connectivity index (χ1) is 13.8. The average molecular weight is 453 g/mol. The summed E-state index contributed by atoms with van der Waals surface area (Å²) in [4.78, 5) is 27.2. The number of ether oxygens (including phenoxy) is 1. The lowest BCUT2D eigenvalue weighted by molar-refractivity contribution is -0.192. The third-order valence-corrected chi connectivity index (χ3v) is 5.37. The molecule has 1 spiro atoms. The Balaban J connectivity index is 0.000000396. The number of aliphatic carboxylic acids is 1. The number of hydrogen-bond acceptors (Lipinski definition) is 6. The third kappa shape index (κ3) is 6.92. The lowest BCUT2D eigenvalue weighted by Crippen LogP contribution is -2.50. The Morgan fingerprint density at radius 3 is 2.57 bits per heavy atom. The van der Waals surface area contributed by atoms with Crippen molar-refractivity contribution in [3.05, 3.63) is 30.1 Å². The van der Waals surface area contributed by atoms with Crippen LogP contribution in [-0.2, 0) is 19.6 Å². The Morgan fingerprint density at radius 1 is 1.37 bits per heavy atom. The number of likely N-dealkylation sites (tertiary alicyclic amines) is 1. The summed E-state index contributed by atoms with van der Waals surface area (Å²) in [5.74, 6) is -2.86. The molecule has 30 heavy (non-hydrogen) atoms. The van der Waals surface area contributed by atoms with Crippen molar-refractivity contribution in [1.82, 2.24) is 14.6 Å². The van der Waals surface area contributed by atoms with Crippen LogP contribution in [0.2, 0.25) is 0 Å². The number of pyridine rings is 1. The fourth-order valence-corrected chi connectivity index (χ4v) is 4.19. The van der Waals surface area contributed by atoms with Gasteiger partial charge in [-0.15, -0.1) is 0 Å². The predicted molar refractivity (Wildman–Crippen MR) is 98.1 cm³/mol. The molecule has 2 fully saturated rings. The minimum Gasteiger partial charge on any atom is -0.475 e. The lowest BCUT2D eigenvalue weighted by atomic mass is 9.90. The molecular formula is C17H22F3N3O6S. The van der Waals surface area contributed by atoms with E-state index in [4.69, 9.17) is 14.6 Å². The van der Waals surface area contributed by atoms with Gasteiger partial charge in [-0.3, -0.25) is 9.78 Å². The van der Waals surface area contributed by atoms with Gasteiger partial charge in [0.15, 0.2) is 0 Å². The molecule has 3 heterocycles. The second kappa shape index (κ2) is 9.27. The summed E-state index contributed by atoms with van der Waals surface area (Å²) in [6.45, 7) is 1.57. The fraction of sp³-hybridized carbons (Fsp3) is 0.588. The lowest BCUT2D eigenvalue weighted by Gasteiger charge is -2.38. The minimum absolute atomic E-state index is 0.107. The summed E-state index contributed by atoms with van der Waals surface area (Å²) in [5, 5.41) is 7.12. The Morgan fingerprint density at radius 2 is 2.03 bits per heavy atom. The third-order valence-electron chi connectivity index (χ3n) is 4.60. The summed E-state index contributed by atoms with van der Waals surface area (Å²) in [5.41, 5.74) is -0.0309. The van der Waals surface area contributed by atoms with Crippen LogP contribution in [0, 0.1) is 0 Å². The largest absolute Gasteiger partial charge is 0.490 e. The minimum atomic E-state index is -5.08. The monoisotopic (exact) mass is 453 g/mol. The highest BCUT2D eigenvalue weighted by Crippen LogP contribution is 2.35. The molecule has 1 aromatic heterocycles. The first-order valence-corrected chi connectivity index (χ1v) is 10.8. The van der Waals surface area contributed by atoms with Gasteiger partial charge in [0.2, 0.25) is 10.0 Å². The highest BCUT2D eigenvalue weighted by atomic mass is 32.2. The van der Waals surface area contributed by atoms with Gasteiger partial charge in [-0.25, -0.2) is 17.9 Å². The van der Waals surface area contributed by atoms with Crippen LogP contribution in [0.1, 0.15) is 29.8 Å². The predicted octanol–water partition coefficient (Wildman–Crippen LogP) is 1.03. The number of halogens is 3. The van der Waals surface area contributed by atoms with E-state index in [9.17, 15) is 26.4 Å². The quantitative estimate of drug-likeness (QED) is 0.700. The number of carboxylic acids is 1. The van der Waals surface area contributed by atoms with Crippen molar-refractivity contribution in [2.24, 2.45) is 0 Å². The molecule has 2 N–H and O–H groups in total. The van der Waals surface area contributed by atoms with Crippen LogP contribution in [0.15, 0.2) is 24.4 Å². The number of sulfonamides is 1. The maximum Gasteiger partial charge on any atom is 0.490 e. The van der Waals surface area contributed by atoms with Crippen molar-refractivity contribution in [2.75, 3.05) is 26.0 Å². The second-order valence-electron chi connectivity index (χ2n) is 7.11. The van der Waals surface area contributed by atoms with Crippen LogP contribution in [0.4, 0.5) is 13.2 Å². The highest BCUT2D eigenvalue weighted by molar-refractivity contribution is 7.88. The number of aromatic nitrogens is 1. The number of carbonyl (C=O) groups is 2. The van der Waals surface area contributed by atoms with Gasteiger partial charge in [0.05, 0.1) is 18.4 Å². The van der Waals surface area contributed by atoms with Gasteiger partial charge in [-0.1, -0.05) is 6.07 Å². The number of hydrogen-bond donors (Lipinski definition) is 2. The van der Waals surface area contributed by atoms with Crippen LogP contribution in [0.5, 0.6) is 0 Å². The zero-order valence-electron chi connectivity index (χ0n) is 16.1. The van der Waals surface area contributed by atoms with Gasteiger partial charge >= 0.3 is 12.1 Å². The molecule has 2 atom stereocenters. The van der Waals surface area contributed by atoms with Crippen molar-refractivity contribution >= 4 is 21.9 Å². The first-order valence-electron chi connectivity index (χ1n) is 8.93. The van der Waals surface area contributed by atoms with Gasteiger partial charge in [0, 0.05) is 25.4 Å². The summed E-state index contributed by atoms with van der Waals surface area (Å²) < 4.78 is 63.2. The summed E-state index contributed by atoms with van der Waals surface area (Å²) >= 11 is 0. The second-order valence-corrected chi connectivity index (χ2v) is 8.89. The van der Waals surface area contributed by atoms with Gasteiger partial charge in [-0.2, -0.15) is 13.2 Å². The molecule has 0 unspecified atom stereocenters. The number of rotatable bonds is 3. The number of carboxylic acid groups (broad SMARTS) is 1. The molecular weight excluding hydrogens is 431 g/mol. The summed E-state index contributed by atoms with van der Waals surface area (Å²) in [7, 11) is -3.24. The molecule has 0 aromatic carbocycles. The molecule has 1 aromatic rings. The summed E-state index contributed by atoms with van der Waals surface area (Å²) in [6.07, 6.45) is -0.356. The van der Waals surface area contributed by atoms with E-state index in [0.29, 0.717) is 44.7 Å². The van der Waals surface area contributed by atoms with Crippen LogP contribution < -0.4 is 4.72 Å². The number of nitrogens with zero attached hydrogens (tertiary/aromatic N) is 2. The van der Waals surface area contributed by atoms with Crippen LogP contribution in [0.25, 0.3) is 0 Å². The number of amides is 1. The van der Waals surface area contributed by atoms with Crippen LogP contribution in [0.3, 0.4) is 0 Å². The molecule has 2 aliphatic rings. The molecule has 0 aliphatic carbocycles. The van der Waals surface area contributed by atoms with Crippen molar-refractivity contribution < 1.29 is 41.0 Å². The van der Waals surface area contributed by atoms with Gasteiger partial charge in [0.1, 0.15) is 5.69 Å². The van der Waals surface area contributed by atoms with E-state index < -0.39 is 27.8 Å². The normalized spacial score (nSPS) is 24.3. The van der Waals surface area contributed by atoms with Gasteiger partial charge < -0.3 is 14.7 Å². The van der Waals surface area contributed by atoms with Crippen molar-refractivity contribution in [3.8, 4) is 0 Å².